The van der Waals surface area contributed by atoms with E-state index in [2.05, 4.69) is 32.6 Å². The molecule has 2 heteroatoms. The average molecular weight is 187 g/mol. The van der Waals surface area contributed by atoms with Gasteiger partial charge in [0.15, 0.2) is 0 Å². The molecule has 1 aliphatic heterocycles. The number of hydrogen-bond acceptors (Lipinski definition) is 1. The first-order chi connectivity index (χ1) is 5.89. The second-order valence-corrected chi connectivity index (χ2v) is 5.53. The lowest BCUT2D eigenvalue weighted by Gasteiger charge is -2.38. The van der Waals surface area contributed by atoms with Crippen LogP contribution in [0, 0.1) is 10.8 Å². The summed E-state index contributed by atoms with van der Waals surface area (Å²) >= 11 is 0. The van der Waals surface area contributed by atoms with Gasteiger partial charge in [-0.25, -0.2) is 4.39 Å². The summed E-state index contributed by atoms with van der Waals surface area (Å²) in [5, 5.41) is 0. The molecular formula is C11H22FN. The SMILES string of the molecule is CC(C)(C)C1(C)CCN(CCF)C1. The molecule has 1 fully saturated rings. The van der Waals surface area contributed by atoms with Crippen molar-refractivity contribution in [3.8, 4) is 0 Å². The molecule has 1 heterocycles. The highest BCUT2D eigenvalue weighted by molar-refractivity contribution is 4.94. The van der Waals surface area contributed by atoms with Crippen LogP contribution in [0.3, 0.4) is 0 Å². The monoisotopic (exact) mass is 187 g/mol. The summed E-state index contributed by atoms with van der Waals surface area (Å²) in [5.74, 6) is 0. The van der Waals surface area contributed by atoms with Crippen molar-refractivity contribution in [1.29, 1.82) is 0 Å². The van der Waals surface area contributed by atoms with Gasteiger partial charge in [-0.3, -0.25) is 0 Å². The van der Waals surface area contributed by atoms with Gasteiger partial charge in [0.25, 0.3) is 0 Å². The topological polar surface area (TPSA) is 3.24 Å². The molecule has 78 valence electrons. The van der Waals surface area contributed by atoms with Crippen molar-refractivity contribution in [2.75, 3.05) is 26.3 Å². The molecule has 1 saturated heterocycles. The van der Waals surface area contributed by atoms with Gasteiger partial charge in [-0.2, -0.15) is 0 Å². The maximum Gasteiger partial charge on any atom is 0.102 e. The van der Waals surface area contributed by atoms with Crippen molar-refractivity contribution < 1.29 is 4.39 Å². The number of alkyl halides is 1. The standard InChI is InChI=1S/C11H22FN/c1-10(2,3)11(4)5-7-13(9-11)8-6-12/h5-9H2,1-4H3. The van der Waals surface area contributed by atoms with Gasteiger partial charge >= 0.3 is 0 Å². The molecule has 0 aromatic rings. The van der Waals surface area contributed by atoms with E-state index in [0.29, 0.717) is 17.4 Å². The maximum atomic E-state index is 12.2. The quantitative estimate of drug-likeness (QED) is 0.642. The smallest absolute Gasteiger partial charge is 0.102 e. The molecule has 0 aliphatic carbocycles. The molecular weight excluding hydrogens is 165 g/mol. The highest BCUT2D eigenvalue weighted by Crippen LogP contribution is 2.45. The fraction of sp³-hybridized carbons (Fsp3) is 1.00. The Balaban J connectivity index is 2.56. The van der Waals surface area contributed by atoms with Crippen LogP contribution in [-0.4, -0.2) is 31.2 Å². The molecule has 0 N–H and O–H groups in total. The number of rotatable bonds is 2. The predicted molar refractivity (Wildman–Crippen MR) is 54.6 cm³/mol. The van der Waals surface area contributed by atoms with Gasteiger partial charge in [-0.15, -0.1) is 0 Å². The number of halogens is 1. The summed E-state index contributed by atoms with van der Waals surface area (Å²) in [7, 11) is 0. The van der Waals surface area contributed by atoms with Crippen LogP contribution in [0.15, 0.2) is 0 Å². The zero-order valence-corrected chi connectivity index (χ0v) is 9.36. The number of nitrogens with zero attached hydrogens (tertiary/aromatic N) is 1. The first-order valence-electron chi connectivity index (χ1n) is 5.17. The number of hydrogen-bond donors (Lipinski definition) is 0. The molecule has 0 bridgehead atoms. The molecule has 1 rings (SSSR count). The Morgan fingerprint density at radius 1 is 1.38 bits per heavy atom. The van der Waals surface area contributed by atoms with Crippen LogP contribution in [0.5, 0.6) is 0 Å². The van der Waals surface area contributed by atoms with Gasteiger partial charge in [0, 0.05) is 13.1 Å². The summed E-state index contributed by atoms with van der Waals surface area (Å²) in [4.78, 5) is 2.24. The summed E-state index contributed by atoms with van der Waals surface area (Å²) < 4.78 is 12.2. The minimum atomic E-state index is -0.208. The summed E-state index contributed by atoms with van der Waals surface area (Å²) in [6.07, 6.45) is 1.20. The van der Waals surface area contributed by atoms with E-state index in [9.17, 15) is 4.39 Å². The zero-order valence-electron chi connectivity index (χ0n) is 9.36. The predicted octanol–water partition coefficient (Wildman–Crippen LogP) is 2.71. The molecule has 0 amide bonds. The van der Waals surface area contributed by atoms with Gasteiger partial charge in [0.1, 0.15) is 6.67 Å². The molecule has 0 aromatic carbocycles. The van der Waals surface area contributed by atoms with E-state index in [0.717, 1.165) is 13.1 Å². The molecule has 1 nitrogen and oxygen atoms in total. The van der Waals surface area contributed by atoms with E-state index in [1.165, 1.54) is 6.42 Å². The Hall–Kier alpha value is -0.110. The molecule has 13 heavy (non-hydrogen) atoms. The molecule has 1 atom stereocenters. The number of likely N-dealkylation sites (tertiary alicyclic amines) is 1. The second kappa shape index (κ2) is 3.56. The Morgan fingerprint density at radius 2 is 2.00 bits per heavy atom. The molecule has 0 saturated carbocycles. The van der Waals surface area contributed by atoms with E-state index in [-0.39, 0.29) is 6.67 Å². The molecule has 1 unspecified atom stereocenters. The van der Waals surface area contributed by atoms with E-state index in [1.807, 2.05) is 0 Å². The van der Waals surface area contributed by atoms with Crippen LogP contribution in [0.1, 0.15) is 34.1 Å². The molecule has 0 radical (unpaired) electrons. The van der Waals surface area contributed by atoms with Crippen molar-refractivity contribution in [2.45, 2.75) is 34.1 Å². The fourth-order valence-corrected chi connectivity index (χ4v) is 1.98. The minimum absolute atomic E-state index is 0.208. The van der Waals surface area contributed by atoms with Crippen molar-refractivity contribution in [3.63, 3.8) is 0 Å². The van der Waals surface area contributed by atoms with Crippen LogP contribution >= 0.6 is 0 Å². The van der Waals surface area contributed by atoms with Crippen LogP contribution in [0.25, 0.3) is 0 Å². The second-order valence-electron chi connectivity index (χ2n) is 5.53. The minimum Gasteiger partial charge on any atom is -0.300 e. The maximum absolute atomic E-state index is 12.2. The van der Waals surface area contributed by atoms with E-state index in [4.69, 9.17) is 0 Å². The van der Waals surface area contributed by atoms with E-state index >= 15 is 0 Å². The van der Waals surface area contributed by atoms with Crippen LogP contribution in [0.2, 0.25) is 0 Å². The normalized spacial score (nSPS) is 31.2. The van der Waals surface area contributed by atoms with Gasteiger partial charge < -0.3 is 4.90 Å². The third-order valence-electron chi connectivity index (χ3n) is 3.76. The third kappa shape index (κ3) is 2.22. The molecule has 0 aromatic heterocycles. The Bertz CT molecular complexity index is 173. The van der Waals surface area contributed by atoms with Crippen molar-refractivity contribution in [3.05, 3.63) is 0 Å². The first-order valence-corrected chi connectivity index (χ1v) is 5.17. The highest BCUT2D eigenvalue weighted by atomic mass is 19.1. The van der Waals surface area contributed by atoms with Crippen LogP contribution in [0.4, 0.5) is 4.39 Å². The summed E-state index contributed by atoms with van der Waals surface area (Å²) in [6, 6.07) is 0. The van der Waals surface area contributed by atoms with Crippen LogP contribution in [-0.2, 0) is 0 Å². The van der Waals surface area contributed by atoms with Gasteiger partial charge in [-0.1, -0.05) is 27.7 Å². The Labute approximate surface area is 81.3 Å². The van der Waals surface area contributed by atoms with Gasteiger partial charge in [-0.05, 0) is 23.8 Å². The zero-order chi connectivity index (χ0) is 10.1. The van der Waals surface area contributed by atoms with Crippen molar-refractivity contribution in [1.82, 2.24) is 4.90 Å². The van der Waals surface area contributed by atoms with Gasteiger partial charge in [0.2, 0.25) is 0 Å². The summed E-state index contributed by atoms with van der Waals surface area (Å²) in [5.41, 5.74) is 0.695. The lowest BCUT2D eigenvalue weighted by Crippen LogP contribution is -2.36. The lowest BCUT2D eigenvalue weighted by molar-refractivity contribution is 0.113. The fourth-order valence-electron chi connectivity index (χ4n) is 1.98. The molecule has 1 aliphatic rings. The lowest BCUT2D eigenvalue weighted by atomic mass is 9.67. The van der Waals surface area contributed by atoms with E-state index in [1.54, 1.807) is 0 Å². The van der Waals surface area contributed by atoms with Crippen LogP contribution < -0.4 is 0 Å². The van der Waals surface area contributed by atoms with Crippen molar-refractivity contribution in [2.24, 2.45) is 10.8 Å². The Kier molecular flexibility index (Phi) is 3.01. The van der Waals surface area contributed by atoms with Crippen molar-refractivity contribution >= 4 is 0 Å². The molecule has 0 spiro atoms. The summed E-state index contributed by atoms with van der Waals surface area (Å²) in [6.45, 7) is 11.7. The van der Waals surface area contributed by atoms with Gasteiger partial charge in [0.05, 0.1) is 0 Å². The first kappa shape index (κ1) is 11.0. The largest absolute Gasteiger partial charge is 0.300 e. The average Bonchev–Trinajstić information content (AvgIpc) is 2.32. The highest BCUT2D eigenvalue weighted by Gasteiger charge is 2.42. The van der Waals surface area contributed by atoms with E-state index < -0.39 is 0 Å². The third-order valence-corrected chi connectivity index (χ3v) is 3.76. The Morgan fingerprint density at radius 3 is 2.38 bits per heavy atom.